The van der Waals surface area contributed by atoms with Gasteiger partial charge in [0.2, 0.25) is 0 Å². The third kappa shape index (κ3) is 2.32. The Morgan fingerprint density at radius 1 is 1.62 bits per heavy atom. The molecule has 0 aliphatic heterocycles. The normalized spacial score (nSPS) is 10.4. The first-order valence-electron chi connectivity index (χ1n) is 4.63. The van der Waals surface area contributed by atoms with Gasteiger partial charge in [0.1, 0.15) is 6.07 Å². The van der Waals surface area contributed by atoms with Crippen molar-refractivity contribution in [1.82, 2.24) is 9.78 Å². The van der Waals surface area contributed by atoms with Gasteiger partial charge in [0.15, 0.2) is 0 Å². The molecule has 0 N–H and O–H groups in total. The molecule has 0 amide bonds. The van der Waals surface area contributed by atoms with E-state index in [9.17, 15) is 0 Å². The number of hydrogen-bond donors (Lipinski definition) is 0. The van der Waals surface area contributed by atoms with Crippen LogP contribution in [0.25, 0.3) is 0 Å². The van der Waals surface area contributed by atoms with Gasteiger partial charge in [0.25, 0.3) is 0 Å². The predicted molar refractivity (Wildman–Crippen MR) is 51.2 cm³/mol. The van der Waals surface area contributed by atoms with Crippen LogP contribution in [0.2, 0.25) is 0 Å². The maximum Gasteiger partial charge on any atom is 0.103 e. The molecule has 70 valence electrons. The van der Waals surface area contributed by atoms with Crippen LogP contribution in [0.4, 0.5) is 0 Å². The predicted octanol–water partition coefficient (Wildman–Crippen LogP) is 1.97. The fourth-order valence-electron chi connectivity index (χ4n) is 1.25. The lowest BCUT2D eigenvalue weighted by Crippen LogP contribution is -1.99. The van der Waals surface area contributed by atoms with E-state index >= 15 is 0 Å². The molecule has 3 heteroatoms. The number of aryl methyl sites for hydroxylation is 1. The summed E-state index contributed by atoms with van der Waals surface area (Å²) in [5.74, 6) is 0.548. The van der Waals surface area contributed by atoms with Crippen molar-refractivity contribution in [2.45, 2.75) is 33.7 Å². The third-order valence-electron chi connectivity index (χ3n) is 1.88. The summed E-state index contributed by atoms with van der Waals surface area (Å²) in [6, 6.07) is 2.17. The Morgan fingerprint density at radius 3 is 2.77 bits per heavy atom. The fraction of sp³-hybridized carbons (Fsp3) is 0.600. The first kappa shape index (κ1) is 9.79. The quantitative estimate of drug-likeness (QED) is 0.708. The molecule has 0 bridgehead atoms. The molecule has 1 rings (SSSR count). The number of hydrogen-bond acceptors (Lipinski definition) is 2. The highest BCUT2D eigenvalue weighted by Crippen LogP contribution is 2.10. The molecular weight excluding hydrogens is 162 g/mol. The molecule has 0 aliphatic rings. The summed E-state index contributed by atoms with van der Waals surface area (Å²) in [7, 11) is 0. The highest BCUT2D eigenvalue weighted by atomic mass is 15.3. The van der Waals surface area contributed by atoms with E-state index in [1.165, 1.54) is 0 Å². The number of aromatic nitrogens is 2. The van der Waals surface area contributed by atoms with Gasteiger partial charge in [-0.2, -0.15) is 10.4 Å². The molecule has 0 fully saturated rings. The van der Waals surface area contributed by atoms with E-state index in [-0.39, 0.29) is 0 Å². The zero-order chi connectivity index (χ0) is 9.84. The first-order valence-corrected chi connectivity index (χ1v) is 4.63. The topological polar surface area (TPSA) is 41.6 Å². The van der Waals surface area contributed by atoms with Crippen molar-refractivity contribution in [1.29, 1.82) is 5.26 Å². The highest BCUT2D eigenvalue weighted by molar-refractivity contribution is 5.31. The molecular formula is C10H15N3. The molecule has 0 radical (unpaired) electrons. The maximum absolute atomic E-state index is 8.84. The average molecular weight is 177 g/mol. The van der Waals surface area contributed by atoms with E-state index < -0.39 is 0 Å². The lowest BCUT2D eigenvalue weighted by Gasteiger charge is -2.00. The molecule has 13 heavy (non-hydrogen) atoms. The Labute approximate surface area is 79.0 Å². The zero-order valence-electron chi connectivity index (χ0n) is 8.41. The zero-order valence-corrected chi connectivity index (χ0v) is 8.41. The third-order valence-corrected chi connectivity index (χ3v) is 1.88. The minimum atomic E-state index is 0.548. The summed E-state index contributed by atoms with van der Waals surface area (Å²) >= 11 is 0. The molecule has 0 unspecified atom stereocenters. The van der Waals surface area contributed by atoms with Crippen molar-refractivity contribution < 1.29 is 0 Å². The van der Waals surface area contributed by atoms with Gasteiger partial charge in [-0.3, -0.25) is 4.68 Å². The lowest BCUT2D eigenvalue weighted by atomic mass is 10.1. The molecule has 0 aromatic carbocycles. The number of nitriles is 1. The number of rotatable bonds is 3. The van der Waals surface area contributed by atoms with Crippen molar-refractivity contribution in [3.63, 3.8) is 0 Å². The molecule has 1 aromatic heterocycles. The lowest BCUT2D eigenvalue weighted by molar-refractivity contribution is 0.599. The Balaban J connectivity index is 2.92. The van der Waals surface area contributed by atoms with E-state index in [1.54, 1.807) is 0 Å². The standard InChI is InChI=1S/C10H15N3/c1-4-13-7-9(6-11)10(12-13)5-8(2)3/h7-8H,4-5H2,1-3H3. The van der Waals surface area contributed by atoms with Gasteiger partial charge in [-0.25, -0.2) is 0 Å². The first-order chi connectivity index (χ1) is 6.17. The van der Waals surface area contributed by atoms with Crippen LogP contribution in [-0.2, 0) is 13.0 Å². The van der Waals surface area contributed by atoms with E-state index in [0.717, 1.165) is 24.2 Å². The number of nitrogens with zero attached hydrogens (tertiary/aromatic N) is 3. The highest BCUT2D eigenvalue weighted by Gasteiger charge is 2.08. The fourth-order valence-corrected chi connectivity index (χ4v) is 1.25. The summed E-state index contributed by atoms with van der Waals surface area (Å²) in [5, 5.41) is 13.2. The van der Waals surface area contributed by atoms with Crippen LogP contribution in [0.15, 0.2) is 6.20 Å². The van der Waals surface area contributed by atoms with Crippen molar-refractivity contribution >= 4 is 0 Å². The maximum atomic E-state index is 8.84. The molecule has 1 heterocycles. The van der Waals surface area contributed by atoms with E-state index in [2.05, 4.69) is 25.0 Å². The van der Waals surface area contributed by atoms with Crippen LogP contribution >= 0.6 is 0 Å². The Bertz CT molecular complexity index is 317. The molecule has 0 atom stereocenters. The summed E-state index contributed by atoms with van der Waals surface area (Å²) in [5.41, 5.74) is 1.65. The van der Waals surface area contributed by atoms with E-state index in [0.29, 0.717) is 5.92 Å². The van der Waals surface area contributed by atoms with Crippen molar-refractivity contribution in [2.24, 2.45) is 5.92 Å². The molecule has 0 saturated carbocycles. The summed E-state index contributed by atoms with van der Waals surface area (Å²) in [4.78, 5) is 0. The Morgan fingerprint density at radius 2 is 2.31 bits per heavy atom. The van der Waals surface area contributed by atoms with Crippen LogP contribution in [0.3, 0.4) is 0 Å². The van der Waals surface area contributed by atoms with E-state index in [4.69, 9.17) is 5.26 Å². The van der Waals surface area contributed by atoms with E-state index in [1.807, 2.05) is 17.8 Å². The summed E-state index contributed by atoms with van der Waals surface area (Å²) < 4.78 is 1.82. The minimum Gasteiger partial charge on any atom is -0.271 e. The monoisotopic (exact) mass is 177 g/mol. The van der Waals surface area contributed by atoms with Gasteiger partial charge in [-0.15, -0.1) is 0 Å². The molecule has 0 spiro atoms. The van der Waals surface area contributed by atoms with Crippen LogP contribution in [-0.4, -0.2) is 9.78 Å². The largest absolute Gasteiger partial charge is 0.271 e. The van der Waals surface area contributed by atoms with Crippen molar-refractivity contribution in [3.05, 3.63) is 17.5 Å². The minimum absolute atomic E-state index is 0.548. The molecule has 3 nitrogen and oxygen atoms in total. The Hall–Kier alpha value is -1.30. The second-order valence-electron chi connectivity index (χ2n) is 3.55. The van der Waals surface area contributed by atoms with Gasteiger partial charge < -0.3 is 0 Å². The van der Waals surface area contributed by atoms with Crippen LogP contribution in [0.1, 0.15) is 32.0 Å². The van der Waals surface area contributed by atoms with Crippen LogP contribution < -0.4 is 0 Å². The van der Waals surface area contributed by atoms with Gasteiger partial charge in [-0.1, -0.05) is 13.8 Å². The van der Waals surface area contributed by atoms with Crippen LogP contribution in [0.5, 0.6) is 0 Å². The molecule has 1 aromatic rings. The van der Waals surface area contributed by atoms with Crippen molar-refractivity contribution in [3.8, 4) is 6.07 Å². The van der Waals surface area contributed by atoms with Gasteiger partial charge in [-0.05, 0) is 19.3 Å². The van der Waals surface area contributed by atoms with Gasteiger partial charge in [0, 0.05) is 12.7 Å². The smallest absolute Gasteiger partial charge is 0.103 e. The summed E-state index contributed by atoms with van der Waals surface area (Å²) in [6.07, 6.45) is 2.70. The Kier molecular flexibility index (Phi) is 3.07. The van der Waals surface area contributed by atoms with Crippen LogP contribution in [0, 0.1) is 17.2 Å². The second-order valence-corrected chi connectivity index (χ2v) is 3.55. The average Bonchev–Trinajstić information content (AvgIpc) is 2.46. The SMILES string of the molecule is CCn1cc(C#N)c(CC(C)C)n1. The molecule has 0 aliphatic carbocycles. The molecule has 0 saturated heterocycles. The summed E-state index contributed by atoms with van der Waals surface area (Å²) in [6.45, 7) is 7.11. The van der Waals surface area contributed by atoms with Crippen molar-refractivity contribution in [2.75, 3.05) is 0 Å². The van der Waals surface area contributed by atoms with Gasteiger partial charge in [0.05, 0.1) is 11.3 Å². The second kappa shape index (κ2) is 4.08. The van der Waals surface area contributed by atoms with Gasteiger partial charge >= 0.3 is 0 Å².